The Morgan fingerprint density at radius 2 is 2.04 bits per heavy atom. The van der Waals surface area contributed by atoms with E-state index in [4.69, 9.17) is 4.74 Å². The van der Waals surface area contributed by atoms with E-state index < -0.39 is 5.60 Å². The van der Waals surface area contributed by atoms with Gasteiger partial charge < -0.3 is 19.6 Å². The van der Waals surface area contributed by atoms with Crippen molar-refractivity contribution in [2.45, 2.75) is 38.2 Å². The van der Waals surface area contributed by atoms with Gasteiger partial charge in [0, 0.05) is 32.5 Å². The average Bonchev–Trinajstić information content (AvgIpc) is 3.19. The normalized spacial score (nSPS) is 23.4. The zero-order valence-electron chi connectivity index (χ0n) is 14.7. The highest BCUT2D eigenvalue weighted by Gasteiger charge is 2.39. The standard InChI is InChI=1S/C19H26N2O4/c1-15-4-6-16(7-5-15)25-14-19(24)9-12-21(13-19)18(23)8-11-20-10-2-3-17(20)22/h4-7,24H,2-3,8-14H2,1H3. The Kier molecular flexibility index (Phi) is 5.27. The fourth-order valence-corrected chi connectivity index (χ4v) is 3.37. The van der Waals surface area contributed by atoms with Crippen LogP contribution in [0.4, 0.5) is 0 Å². The summed E-state index contributed by atoms with van der Waals surface area (Å²) < 4.78 is 5.69. The quantitative estimate of drug-likeness (QED) is 0.844. The fraction of sp³-hybridized carbons (Fsp3) is 0.579. The molecule has 2 saturated heterocycles. The van der Waals surface area contributed by atoms with Gasteiger partial charge in [-0.05, 0) is 31.9 Å². The van der Waals surface area contributed by atoms with E-state index in [0.29, 0.717) is 32.4 Å². The average molecular weight is 346 g/mol. The van der Waals surface area contributed by atoms with Crippen molar-refractivity contribution in [2.75, 3.05) is 32.8 Å². The largest absolute Gasteiger partial charge is 0.491 e. The summed E-state index contributed by atoms with van der Waals surface area (Å²) in [5.41, 5.74) is 0.143. The van der Waals surface area contributed by atoms with E-state index in [-0.39, 0.29) is 25.0 Å². The number of carbonyl (C=O) groups is 2. The summed E-state index contributed by atoms with van der Waals surface area (Å²) in [5, 5.41) is 10.7. The van der Waals surface area contributed by atoms with Crippen LogP contribution in [-0.4, -0.2) is 65.1 Å². The number of carbonyl (C=O) groups excluding carboxylic acids is 2. The van der Waals surface area contributed by atoms with Crippen LogP contribution in [0.2, 0.25) is 0 Å². The second-order valence-corrected chi connectivity index (χ2v) is 7.13. The molecule has 6 nitrogen and oxygen atoms in total. The van der Waals surface area contributed by atoms with Crippen LogP contribution in [0.1, 0.15) is 31.2 Å². The molecule has 136 valence electrons. The second-order valence-electron chi connectivity index (χ2n) is 7.13. The monoisotopic (exact) mass is 346 g/mol. The molecule has 1 aromatic carbocycles. The van der Waals surface area contributed by atoms with Crippen molar-refractivity contribution in [3.05, 3.63) is 29.8 Å². The number of nitrogens with zero attached hydrogens (tertiary/aromatic N) is 2. The predicted octanol–water partition coefficient (Wildman–Crippen LogP) is 1.35. The molecule has 2 aliphatic heterocycles. The van der Waals surface area contributed by atoms with Crippen LogP contribution in [0.3, 0.4) is 0 Å². The predicted molar refractivity (Wildman–Crippen MR) is 93.3 cm³/mol. The SMILES string of the molecule is Cc1ccc(OCC2(O)CCN(C(=O)CCN3CCCC3=O)C2)cc1. The Hall–Kier alpha value is -2.08. The second kappa shape index (κ2) is 7.44. The third-order valence-corrected chi connectivity index (χ3v) is 4.98. The summed E-state index contributed by atoms with van der Waals surface area (Å²) in [6.45, 7) is 4.22. The van der Waals surface area contributed by atoms with Gasteiger partial charge in [0.1, 0.15) is 18.0 Å². The molecule has 0 bridgehead atoms. The lowest BCUT2D eigenvalue weighted by Crippen LogP contribution is -2.41. The van der Waals surface area contributed by atoms with Gasteiger partial charge in [0.25, 0.3) is 0 Å². The molecule has 2 aliphatic rings. The van der Waals surface area contributed by atoms with E-state index >= 15 is 0 Å². The Bertz CT molecular complexity index is 631. The molecule has 25 heavy (non-hydrogen) atoms. The molecule has 0 aromatic heterocycles. The maximum atomic E-state index is 12.3. The number of hydrogen-bond acceptors (Lipinski definition) is 4. The molecule has 1 N–H and O–H groups in total. The molecule has 0 saturated carbocycles. The number of aliphatic hydroxyl groups is 1. The van der Waals surface area contributed by atoms with Crippen molar-refractivity contribution < 1.29 is 19.4 Å². The number of rotatable bonds is 6. The number of hydrogen-bond donors (Lipinski definition) is 1. The molecular formula is C19H26N2O4. The lowest BCUT2D eigenvalue weighted by Gasteiger charge is -2.24. The minimum absolute atomic E-state index is 0.00837. The van der Waals surface area contributed by atoms with Crippen molar-refractivity contribution >= 4 is 11.8 Å². The van der Waals surface area contributed by atoms with Gasteiger partial charge in [-0.3, -0.25) is 9.59 Å². The first-order chi connectivity index (χ1) is 12.0. The zero-order valence-corrected chi connectivity index (χ0v) is 14.7. The first kappa shape index (κ1) is 17.7. The third-order valence-electron chi connectivity index (χ3n) is 4.98. The highest BCUT2D eigenvalue weighted by Crippen LogP contribution is 2.24. The first-order valence-corrected chi connectivity index (χ1v) is 8.93. The van der Waals surface area contributed by atoms with E-state index in [0.717, 1.165) is 24.3 Å². The van der Waals surface area contributed by atoms with E-state index in [9.17, 15) is 14.7 Å². The summed E-state index contributed by atoms with van der Waals surface area (Å²) >= 11 is 0. The Labute approximate surface area is 148 Å². The van der Waals surface area contributed by atoms with Gasteiger partial charge in [0.05, 0.1) is 6.54 Å². The summed E-state index contributed by atoms with van der Waals surface area (Å²) in [6, 6.07) is 7.68. The Balaban J connectivity index is 1.45. The molecule has 0 aliphatic carbocycles. The lowest BCUT2D eigenvalue weighted by molar-refractivity contribution is -0.133. The summed E-state index contributed by atoms with van der Waals surface area (Å²) in [5.74, 6) is 0.847. The Morgan fingerprint density at radius 3 is 2.72 bits per heavy atom. The van der Waals surface area contributed by atoms with Gasteiger partial charge in [0.15, 0.2) is 0 Å². The molecule has 0 radical (unpaired) electrons. The van der Waals surface area contributed by atoms with Gasteiger partial charge >= 0.3 is 0 Å². The number of amides is 2. The van der Waals surface area contributed by atoms with E-state index in [1.807, 2.05) is 31.2 Å². The number of benzene rings is 1. The number of ether oxygens (including phenoxy) is 1. The van der Waals surface area contributed by atoms with Crippen LogP contribution in [-0.2, 0) is 9.59 Å². The Morgan fingerprint density at radius 1 is 1.28 bits per heavy atom. The van der Waals surface area contributed by atoms with Gasteiger partial charge in [-0.15, -0.1) is 0 Å². The van der Waals surface area contributed by atoms with Crippen molar-refractivity contribution in [1.29, 1.82) is 0 Å². The summed E-state index contributed by atoms with van der Waals surface area (Å²) in [4.78, 5) is 27.4. The van der Waals surface area contributed by atoms with Gasteiger partial charge in [-0.25, -0.2) is 0 Å². The maximum absolute atomic E-state index is 12.3. The van der Waals surface area contributed by atoms with Crippen LogP contribution in [0, 0.1) is 6.92 Å². The topological polar surface area (TPSA) is 70.1 Å². The molecule has 1 aromatic rings. The fourth-order valence-electron chi connectivity index (χ4n) is 3.37. The van der Waals surface area contributed by atoms with E-state index in [2.05, 4.69) is 0 Å². The highest BCUT2D eigenvalue weighted by atomic mass is 16.5. The van der Waals surface area contributed by atoms with Crippen LogP contribution < -0.4 is 4.74 Å². The van der Waals surface area contributed by atoms with Gasteiger partial charge in [-0.2, -0.15) is 0 Å². The number of likely N-dealkylation sites (tertiary alicyclic amines) is 2. The van der Waals surface area contributed by atoms with Crippen LogP contribution in [0.5, 0.6) is 5.75 Å². The van der Waals surface area contributed by atoms with Crippen LogP contribution in [0.25, 0.3) is 0 Å². The van der Waals surface area contributed by atoms with E-state index in [1.165, 1.54) is 0 Å². The molecule has 6 heteroatoms. The molecule has 3 rings (SSSR count). The third kappa shape index (κ3) is 4.51. The summed E-state index contributed by atoms with van der Waals surface area (Å²) in [7, 11) is 0. The van der Waals surface area contributed by atoms with Crippen LogP contribution in [0.15, 0.2) is 24.3 Å². The number of aryl methyl sites for hydroxylation is 1. The van der Waals surface area contributed by atoms with Crippen molar-refractivity contribution in [1.82, 2.24) is 9.80 Å². The van der Waals surface area contributed by atoms with Gasteiger partial charge in [0.2, 0.25) is 11.8 Å². The van der Waals surface area contributed by atoms with Crippen molar-refractivity contribution in [3.8, 4) is 5.75 Å². The number of β-amino-alcohol motifs (C(OH)–C–C–N with tert-alkyl or cyclic N) is 1. The molecule has 1 atom stereocenters. The molecule has 2 amide bonds. The highest BCUT2D eigenvalue weighted by molar-refractivity contribution is 5.80. The molecule has 2 fully saturated rings. The van der Waals surface area contributed by atoms with Gasteiger partial charge in [-0.1, -0.05) is 17.7 Å². The molecule has 1 unspecified atom stereocenters. The minimum Gasteiger partial charge on any atom is -0.491 e. The molecule has 0 spiro atoms. The van der Waals surface area contributed by atoms with E-state index in [1.54, 1.807) is 9.80 Å². The smallest absolute Gasteiger partial charge is 0.224 e. The van der Waals surface area contributed by atoms with Crippen molar-refractivity contribution in [2.24, 2.45) is 0 Å². The zero-order chi connectivity index (χ0) is 17.9. The first-order valence-electron chi connectivity index (χ1n) is 8.93. The molecular weight excluding hydrogens is 320 g/mol. The summed E-state index contributed by atoms with van der Waals surface area (Å²) in [6.07, 6.45) is 2.30. The van der Waals surface area contributed by atoms with Crippen molar-refractivity contribution in [3.63, 3.8) is 0 Å². The van der Waals surface area contributed by atoms with Crippen LogP contribution >= 0.6 is 0 Å². The minimum atomic E-state index is -1.01. The maximum Gasteiger partial charge on any atom is 0.224 e. The lowest BCUT2D eigenvalue weighted by atomic mass is 10.1. The molecule has 2 heterocycles.